The molecule has 3 aliphatic rings. The predicted octanol–water partition coefficient (Wildman–Crippen LogP) is 10.2. The van der Waals surface area contributed by atoms with Crippen molar-refractivity contribution < 1.29 is 22.9 Å². The lowest BCUT2D eigenvalue weighted by molar-refractivity contribution is -0.121. The zero-order valence-corrected chi connectivity index (χ0v) is 36.7. The number of allylic oxidation sites excluding steroid dienone is 3. The summed E-state index contributed by atoms with van der Waals surface area (Å²) in [5, 5.41) is 4.17. The van der Waals surface area contributed by atoms with Crippen molar-refractivity contribution in [2.75, 3.05) is 70.5 Å². The van der Waals surface area contributed by atoms with E-state index in [0.29, 0.717) is 32.8 Å². The lowest BCUT2D eigenvalue weighted by atomic mass is 9.90. The second-order valence-electron chi connectivity index (χ2n) is 15.5. The number of carbonyl (C=O) groups excluding carboxylic acids is 1. The summed E-state index contributed by atoms with van der Waals surface area (Å²) in [6.07, 6.45) is 14.5. The average molecular weight is 810 g/mol. The number of alkyl halides is 1. The third-order valence-corrected chi connectivity index (χ3v) is 11.2. The van der Waals surface area contributed by atoms with Crippen molar-refractivity contribution in [1.82, 2.24) is 9.89 Å². The van der Waals surface area contributed by atoms with Crippen LogP contribution in [-0.2, 0) is 23.9 Å². The summed E-state index contributed by atoms with van der Waals surface area (Å²) >= 11 is 7.11. The Balaban J connectivity index is 1.36. The summed E-state index contributed by atoms with van der Waals surface area (Å²) in [7, 11) is 1.71. The van der Waals surface area contributed by atoms with Crippen molar-refractivity contribution in [2.24, 2.45) is 0 Å². The number of fused-ring (bicyclic) bond motifs is 2. The van der Waals surface area contributed by atoms with Gasteiger partial charge >= 0.3 is 0 Å². The maximum absolute atomic E-state index is 12.5. The summed E-state index contributed by atoms with van der Waals surface area (Å²) in [6.45, 7) is 18.9. The van der Waals surface area contributed by atoms with E-state index >= 15 is 0 Å². The van der Waals surface area contributed by atoms with Crippen LogP contribution < -0.4 is 20.1 Å². The molecule has 4 rings (SSSR count). The number of halogens is 1. The van der Waals surface area contributed by atoms with Crippen molar-refractivity contribution in [3.05, 3.63) is 82.6 Å². The molecule has 0 spiro atoms. The monoisotopic (exact) mass is 808 g/mol. The fraction of sp³-hybridized carbons (Fsp3) is 0.565. The predicted molar refractivity (Wildman–Crippen MR) is 235 cm³/mol. The molecule has 2 heterocycles. The first-order valence-corrected chi connectivity index (χ1v) is 22.0. The van der Waals surface area contributed by atoms with Crippen molar-refractivity contribution in [2.45, 2.75) is 109 Å². The lowest BCUT2D eigenvalue weighted by Gasteiger charge is -2.23. The van der Waals surface area contributed by atoms with Gasteiger partial charge < -0.3 is 28.3 Å². The van der Waals surface area contributed by atoms with E-state index in [-0.39, 0.29) is 17.2 Å². The number of rotatable bonds is 24. The van der Waals surface area contributed by atoms with E-state index in [1.54, 1.807) is 7.11 Å². The van der Waals surface area contributed by atoms with Gasteiger partial charge in [-0.3, -0.25) is 4.79 Å². The van der Waals surface area contributed by atoms with Gasteiger partial charge in [-0.2, -0.15) is 0 Å². The van der Waals surface area contributed by atoms with Crippen LogP contribution in [0.5, 0.6) is 0 Å². The van der Waals surface area contributed by atoms with Gasteiger partial charge in [-0.1, -0.05) is 59.1 Å². The molecule has 1 atom stereocenters. The number of benzene rings is 2. The molecule has 10 heteroatoms. The fourth-order valence-corrected chi connectivity index (χ4v) is 7.77. The summed E-state index contributed by atoms with van der Waals surface area (Å²) < 4.78 is 25.5. The number of amides is 1. The summed E-state index contributed by atoms with van der Waals surface area (Å²) in [5.41, 5.74) is 5.93. The highest BCUT2D eigenvalue weighted by atomic mass is 35.5. The molecule has 308 valence electrons. The molecule has 1 aliphatic carbocycles. The Morgan fingerprint density at radius 2 is 1.70 bits per heavy atom. The van der Waals surface area contributed by atoms with Crippen LogP contribution in [0.4, 0.5) is 5.69 Å². The number of nitrogens with one attached hydrogen (secondary N) is 1. The molecule has 1 unspecified atom stereocenters. The van der Waals surface area contributed by atoms with E-state index in [0.717, 1.165) is 105 Å². The van der Waals surface area contributed by atoms with E-state index < -0.39 is 0 Å². The third kappa shape index (κ3) is 13.8. The van der Waals surface area contributed by atoms with Gasteiger partial charge in [0, 0.05) is 83.3 Å². The number of nitrogens with zero attached hydrogens (tertiary/aromatic N) is 2. The largest absolute Gasteiger partial charge is 0.460 e. The minimum absolute atomic E-state index is 0.0796. The minimum Gasteiger partial charge on any atom is -0.460 e. The Morgan fingerprint density at radius 1 is 0.946 bits per heavy atom. The Bertz CT molecular complexity index is 1760. The van der Waals surface area contributed by atoms with Gasteiger partial charge in [0.15, 0.2) is 0 Å². The van der Waals surface area contributed by atoms with Crippen LogP contribution in [0.15, 0.2) is 69.6 Å². The zero-order valence-electron chi connectivity index (χ0n) is 35.1. The Labute approximate surface area is 346 Å². The molecule has 0 fully saturated rings. The average Bonchev–Trinajstić information content (AvgIpc) is 3.44. The zero-order chi connectivity index (χ0) is 40.3. The Morgan fingerprint density at radius 3 is 2.43 bits per heavy atom. The van der Waals surface area contributed by atoms with E-state index in [9.17, 15) is 4.79 Å². The quantitative estimate of drug-likeness (QED) is 0.0418. The summed E-state index contributed by atoms with van der Waals surface area (Å²) in [6, 6.07) is 15.4. The molecule has 2 aliphatic heterocycles. The van der Waals surface area contributed by atoms with Crippen LogP contribution in [0.1, 0.15) is 116 Å². The van der Waals surface area contributed by atoms with Crippen LogP contribution in [0.25, 0.3) is 17.4 Å². The Kier molecular flexibility index (Phi) is 19.5. The Hall–Kier alpha value is -3.08. The number of carbonyl (C=O) groups is 1. The van der Waals surface area contributed by atoms with Gasteiger partial charge in [0.2, 0.25) is 11.3 Å². The van der Waals surface area contributed by atoms with Crippen molar-refractivity contribution in [3.63, 3.8) is 0 Å². The SMILES string of the molecule is CC[N+](CC)=c1ccc2c(/C=C/C=C3\C(C)c4cc(SOC)ccc4N3CCCCCC(=O)NCCOCCOCCCCCCCl)cc(C(C)(C)C)oc-2c1. The lowest BCUT2D eigenvalue weighted by Crippen LogP contribution is -2.29. The molecule has 56 heavy (non-hydrogen) atoms. The van der Waals surface area contributed by atoms with Gasteiger partial charge in [-0.15, -0.1) is 11.6 Å². The van der Waals surface area contributed by atoms with E-state index in [1.807, 2.05) is 0 Å². The van der Waals surface area contributed by atoms with Gasteiger partial charge in [0.05, 0.1) is 33.0 Å². The van der Waals surface area contributed by atoms with Crippen LogP contribution in [-0.4, -0.2) is 71.5 Å². The molecule has 1 aromatic carbocycles. The second kappa shape index (κ2) is 24.0. The van der Waals surface area contributed by atoms with E-state index in [1.165, 1.54) is 34.3 Å². The number of ether oxygens (including phenoxy) is 2. The van der Waals surface area contributed by atoms with Crippen LogP contribution >= 0.6 is 23.6 Å². The van der Waals surface area contributed by atoms with Crippen molar-refractivity contribution in [1.29, 1.82) is 0 Å². The summed E-state index contributed by atoms with van der Waals surface area (Å²) in [4.78, 5) is 16.1. The molecular formula is C46H67ClN3O5S+. The molecule has 1 aromatic rings. The topological polar surface area (TPSA) is 76.2 Å². The van der Waals surface area contributed by atoms with Gasteiger partial charge in [-0.05, 0) is 87.1 Å². The van der Waals surface area contributed by atoms with E-state index in [4.69, 9.17) is 29.7 Å². The molecule has 0 radical (unpaired) electrons. The highest BCUT2D eigenvalue weighted by molar-refractivity contribution is 7.94. The maximum atomic E-state index is 12.5. The first-order chi connectivity index (χ1) is 27.1. The van der Waals surface area contributed by atoms with Gasteiger partial charge in [0.1, 0.15) is 24.6 Å². The molecule has 8 nitrogen and oxygen atoms in total. The molecule has 0 saturated carbocycles. The molecule has 1 N–H and O–H groups in total. The smallest absolute Gasteiger partial charge is 0.220 e. The van der Waals surface area contributed by atoms with Crippen LogP contribution in [0.2, 0.25) is 0 Å². The van der Waals surface area contributed by atoms with E-state index in [2.05, 4.69) is 117 Å². The third-order valence-electron chi connectivity index (χ3n) is 10.3. The molecular weight excluding hydrogens is 742 g/mol. The number of anilines is 1. The minimum atomic E-state index is -0.133. The first-order valence-electron chi connectivity index (χ1n) is 20.8. The molecule has 1 amide bonds. The first kappa shape index (κ1) is 45.6. The standard InChI is InChI=1S/C46H66ClN3O5S/c1-8-49(9-2)37-21-23-39-36(32-44(46(4,5)6)55-43(39)33-37)18-17-19-41-35(3)40-34-38(56-52-7)22-24-42(40)50(41)27-15-12-13-20-45(51)48-26-29-54-31-30-53-28-16-11-10-14-25-47/h17-19,21-24,32-35H,8-16,20,25-31H2,1-7H3/p+1. The number of hydrogen-bond donors (Lipinski definition) is 1. The van der Waals surface area contributed by atoms with Crippen molar-refractivity contribution >= 4 is 41.3 Å². The van der Waals surface area contributed by atoms with Gasteiger partial charge in [0.25, 0.3) is 0 Å². The van der Waals surface area contributed by atoms with Crippen LogP contribution in [0, 0.1) is 0 Å². The van der Waals surface area contributed by atoms with Crippen LogP contribution in [0.3, 0.4) is 0 Å². The molecule has 0 bridgehead atoms. The highest BCUT2D eigenvalue weighted by Gasteiger charge is 2.30. The maximum Gasteiger partial charge on any atom is 0.220 e. The summed E-state index contributed by atoms with van der Waals surface area (Å²) in [5.74, 6) is 2.90. The molecule has 0 aromatic heterocycles. The number of unbranched alkanes of at least 4 members (excludes halogenated alkanes) is 5. The normalized spacial score (nSPS) is 15.0. The molecule has 0 saturated heterocycles. The highest BCUT2D eigenvalue weighted by Crippen LogP contribution is 2.45. The number of hydrogen-bond acceptors (Lipinski definition) is 7. The fourth-order valence-electron chi connectivity index (χ4n) is 7.09. The van der Waals surface area contributed by atoms with Crippen molar-refractivity contribution in [3.8, 4) is 11.3 Å². The van der Waals surface area contributed by atoms with Gasteiger partial charge in [-0.25, -0.2) is 4.58 Å². The second-order valence-corrected chi connectivity index (χ2v) is 16.8.